The van der Waals surface area contributed by atoms with Crippen LogP contribution in [0.2, 0.25) is 10.0 Å². The maximum absolute atomic E-state index is 12.4. The Hall–Kier alpha value is -3.50. The molecule has 1 saturated heterocycles. The lowest BCUT2D eigenvalue weighted by Crippen LogP contribution is -2.43. The molecule has 0 bridgehead atoms. The van der Waals surface area contributed by atoms with Crippen LogP contribution in [0.3, 0.4) is 0 Å². The van der Waals surface area contributed by atoms with E-state index in [4.69, 9.17) is 37.4 Å². The number of carbonyl (C=O) groups is 4. The van der Waals surface area contributed by atoms with E-state index in [2.05, 4.69) is 10.7 Å². The Morgan fingerprint density at radius 3 is 2.53 bits per heavy atom. The zero-order valence-corrected chi connectivity index (χ0v) is 19.7. The first-order valence-electron chi connectivity index (χ1n) is 9.96. The summed E-state index contributed by atoms with van der Waals surface area (Å²) in [5.41, 5.74) is 2.91. The van der Waals surface area contributed by atoms with Gasteiger partial charge < -0.3 is 19.5 Å². The molecule has 0 aliphatic carbocycles. The van der Waals surface area contributed by atoms with Gasteiger partial charge in [-0.15, -0.1) is 0 Å². The molecule has 2 aromatic carbocycles. The number of benzene rings is 2. The fourth-order valence-corrected chi connectivity index (χ4v) is 3.67. The summed E-state index contributed by atoms with van der Waals surface area (Å²) in [5, 5.41) is 4.07. The number of nitrogens with one attached hydrogen (secondary N) is 2. The molecule has 12 heteroatoms. The molecule has 0 saturated carbocycles. The van der Waals surface area contributed by atoms with Gasteiger partial charge in [-0.05, 0) is 30.3 Å². The molecule has 0 unspecified atom stereocenters. The summed E-state index contributed by atoms with van der Waals surface area (Å²) < 4.78 is 15.4. The van der Waals surface area contributed by atoms with Gasteiger partial charge in [-0.3, -0.25) is 29.6 Å². The first kappa shape index (κ1) is 25.1. The van der Waals surface area contributed by atoms with E-state index in [1.807, 2.05) is 0 Å². The Kier molecular flexibility index (Phi) is 8.19. The number of esters is 1. The summed E-state index contributed by atoms with van der Waals surface area (Å²) in [6, 6.07) is 9.11. The molecule has 10 nitrogen and oxygen atoms in total. The van der Waals surface area contributed by atoms with Gasteiger partial charge in [0, 0.05) is 17.5 Å². The fourth-order valence-electron chi connectivity index (χ4n) is 3.17. The predicted octanol–water partition coefficient (Wildman–Crippen LogP) is 2.69. The van der Waals surface area contributed by atoms with E-state index < -0.39 is 36.2 Å². The van der Waals surface area contributed by atoms with Gasteiger partial charge >= 0.3 is 5.97 Å². The third-order valence-electron chi connectivity index (χ3n) is 4.90. The number of hydrazine groups is 1. The third-order valence-corrected chi connectivity index (χ3v) is 5.45. The number of methoxy groups -OCH3 is 2. The van der Waals surface area contributed by atoms with Crippen LogP contribution in [-0.2, 0) is 19.1 Å². The van der Waals surface area contributed by atoms with Gasteiger partial charge in [-0.1, -0.05) is 23.2 Å². The van der Waals surface area contributed by atoms with E-state index >= 15 is 0 Å². The van der Waals surface area contributed by atoms with Crippen molar-refractivity contribution in [3.8, 4) is 11.5 Å². The van der Waals surface area contributed by atoms with Gasteiger partial charge in [0.25, 0.3) is 11.8 Å². The van der Waals surface area contributed by atoms with E-state index in [1.54, 1.807) is 18.2 Å². The maximum atomic E-state index is 12.4. The highest BCUT2D eigenvalue weighted by atomic mass is 35.5. The molecule has 1 heterocycles. The topological polar surface area (TPSA) is 123 Å². The SMILES string of the molecule is COc1ccc(NC(=O)COC(=O)[C@H]2CC(=O)N(NC(=O)c3ccc(Cl)cc3Cl)C2)c(OC)c1. The number of halogens is 2. The zero-order chi connectivity index (χ0) is 24.8. The molecule has 180 valence electrons. The number of hydrogen-bond donors (Lipinski definition) is 2. The number of ether oxygens (including phenoxy) is 3. The number of hydrogen-bond acceptors (Lipinski definition) is 7. The molecule has 2 N–H and O–H groups in total. The largest absolute Gasteiger partial charge is 0.497 e. The van der Waals surface area contributed by atoms with Crippen molar-refractivity contribution in [3.63, 3.8) is 0 Å². The molecule has 3 rings (SSSR count). The van der Waals surface area contributed by atoms with Crippen LogP contribution in [-0.4, -0.2) is 56.1 Å². The van der Waals surface area contributed by atoms with Crippen molar-refractivity contribution < 1.29 is 33.4 Å². The molecule has 1 fully saturated rings. The number of carbonyl (C=O) groups excluding carboxylic acids is 4. The van der Waals surface area contributed by atoms with E-state index in [0.29, 0.717) is 22.2 Å². The van der Waals surface area contributed by atoms with Crippen LogP contribution in [0.15, 0.2) is 36.4 Å². The van der Waals surface area contributed by atoms with E-state index in [-0.39, 0.29) is 23.6 Å². The smallest absolute Gasteiger partial charge is 0.311 e. The van der Waals surface area contributed by atoms with Gasteiger partial charge in [0.05, 0.1) is 43.0 Å². The van der Waals surface area contributed by atoms with Crippen LogP contribution in [0, 0.1) is 5.92 Å². The minimum Gasteiger partial charge on any atom is -0.497 e. The number of anilines is 1. The number of amides is 3. The normalized spacial score (nSPS) is 15.0. The second-order valence-electron chi connectivity index (χ2n) is 7.19. The Balaban J connectivity index is 1.51. The predicted molar refractivity (Wildman–Crippen MR) is 123 cm³/mol. The second-order valence-corrected chi connectivity index (χ2v) is 8.04. The van der Waals surface area contributed by atoms with Crippen molar-refractivity contribution >= 4 is 52.6 Å². The first-order valence-corrected chi connectivity index (χ1v) is 10.7. The Morgan fingerprint density at radius 2 is 1.85 bits per heavy atom. The van der Waals surface area contributed by atoms with Gasteiger partial charge in [0.2, 0.25) is 5.91 Å². The number of nitrogens with zero attached hydrogens (tertiary/aromatic N) is 1. The lowest BCUT2D eigenvalue weighted by atomic mass is 10.1. The Labute approximate surface area is 205 Å². The van der Waals surface area contributed by atoms with E-state index in [0.717, 1.165) is 5.01 Å². The molecular weight excluding hydrogens is 489 g/mol. The molecular formula is C22H21Cl2N3O7. The van der Waals surface area contributed by atoms with Crippen molar-refractivity contribution in [2.24, 2.45) is 5.92 Å². The molecule has 1 aliphatic rings. The van der Waals surface area contributed by atoms with E-state index in [9.17, 15) is 19.2 Å². The average molecular weight is 510 g/mol. The third kappa shape index (κ3) is 6.09. The molecule has 0 radical (unpaired) electrons. The maximum Gasteiger partial charge on any atom is 0.311 e. The quantitative estimate of drug-likeness (QED) is 0.524. The second kappa shape index (κ2) is 11.1. The van der Waals surface area contributed by atoms with Gasteiger partial charge in [0.15, 0.2) is 6.61 Å². The zero-order valence-electron chi connectivity index (χ0n) is 18.2. The van der Waals surface area contributed by atoms with Crippen LogP contribution < -0.4 is 20.2 Å². The average Bonchev–Trinajstić information content (AvgIpc) is 3.17. The van der Waals surface area contributed by atoms with E-state index in [1.165, 1.54) is 32.4 Å². The summed E-state index contributed by atoms with van der Waals surface area (Å²) in [7, 11) is 2.94. The highest BCUT2D eigenvalue weighted by molar-refractivity contribution is 6.36. The molecule has 34 heavy (non-hydrogen) atoms. The first-order chi connectivity index (χ1) is 16.2. The van der Waals surface area contributed by atoms with Crippen LogP contribution >= 0.6 is 23.2 Å². The van der Waals surface area contributed by atoms with Crippen molar-refractivity contribution in [2.75, 3.05) is 32.7 Å². The van der Waals surface area contributed by atoms with Crippen LogP contribution in [0.4, 0.5) is 5.69 Å². The molecule has 2 aromatic rings. The van der Waals surface area contributed by atoms with Crippen molar-refractivity contribution in [2.45, 2.75) is 6.42 Å². The van der Waals surface area contributed by atoms with Crippen molar-refractivity contribution in [3.05, 3.63) is 52.0 Å². The van der Waals surface area contributed by atoms with Crippen molar-refractivity contribution in [1.82, 2.24) is 10.4 Å². The van der Waals surface area contributed by atoms with Crippen LogP contribution in [0.25, 0.3) is 0 Å². The highest BCUT2D eigenvalue weighted by Crippen LogP contribution is 2.29. The molecule has 3 amide bonds. The van der Waals surface area contributed by atoms with Gasteiger partial charge in [-0.25, -0.2) is 0 Å². The van der Waals surface area contributed by atoms with Crippen LogP contribution in [0.1, 0.15) is 16.8 Å². The fraction of sp³-hybridized carbons (Fsp3) is 0.273. The summed E-state index contributed by atoms with van der Waals surface area (Å²) in [4.78, 5) is 49.2. The molecule has 0 spiro atoms. The minimum atomic E-state index is -0.850. The summed E-state index contributed by atoms with van der Waals surface area (Å²) in [6.07, 6.45) is -0.179. The molecule has 0 aromatic heterocycles. The standard InChI is InChI=1S/C22H21Cl2N3O7/c1-32-14-4-6-17(18(9-14)33-2)25-19(28)11-34-22(31)12-7-20(29)27(10-12)26-21(30)15-5-3-13(23)8-16(15)24/h3-6,8-9,12H,7,10-11H2,1-2H3,(H,25,28)(H,26,30)/t12-/m0/s1. The molecule has 1 aliphatic heterocycles. The Bertz CT molecular complexity index is 1130. The van der Waals surface area contributed by atoms with Gasteiger partial charge in [0.1, 0.15) is 11.5 Å². The Morgan fingerprint density at radius 1 is 1.09 bits per heavy atom. The lowest BCUT2D eigenvalue weighted by Gasteiger charge is -2.18. The summed E-state index contributed by atoms with van der Waals surface area (Å²) in [6.45, 7) is -0.673. The molecule has 1 atom stereocenters. The van der Waals surface area contributed by atoms with Crippen molar-refractivity contribution in [1.29, 1.82) is 0 Å². The highest BCUT2D eigenvalue weighted by Gasteiger charge is 2.37. The number of rotatable bonds is 8. The van der Waals surface area contributed by atoms with Gasteiger partial charge in [-0.2, -0.15) is 0 Å². The minimum absolute atomic E-state index is 0.109. The summed E-state index contributed by atoms with van der Waals surface area (Å²) >= 11 is 11.8. The van der Waals surface area contributed by atoms with Crippen LogP contribution in [0.5, 0.6) is 11.5 Å². The summed E-state index contributed by atoms with van der Waals surface area (Å²) in [5.74, 6) is -2.38. The monoisotopic (exact) mass is 509 g/mol. The lowest BCUT2D eigenvalue weighted by molar-refractivity contribution is -0.151.